The molecule has 284 valence electrons. The van der Waals surface area contributed by atoms with E-state index in [-0.39, 0.29) is 5.82 Å². The number of aliphatic carboxylic acids is 1. The van der Waals surface area contributed by atoms with E-state index in [0.717, 1.165) is 15.4 Å². The van der Waals surface area contributed by atoms with E-state index in [0.29, 0.717) is 11.3 Å². The van der Waals surface area contributed by atoms with Crippen LogP contribution in [0.3, 0.4) is 0 Å². The van der Waals surface area contributed by atoms with Crippen molar-refractivity contribution in [1.29, 1.82) is 0 Å². The van der Waals surface area contributed by atoms with E-state index in [2.05, 4.69) is 20.6 Å². The van der Waals surface area contributed by atoms with Gasteiger partial charge in [-0.25, -0.2) is 23.4 Å². The van der Waals surface area contributed by atoms with Crippen LogP contribution in [-0.2, 0) is 39.2 Å². The minimum Gasteiger partial charge on any atom is -0.477 e. The standard InChI is InChI=1S/C28H36N7O16P/c29-18-6-7-35(27(45)30-18)25-23(42)22(41)17(49-25)12-48-52(46,47)51-28(26(43)44)8-15(37)20(24(50-28)21(40)16(38)11-36)31-19(39)10-34-9-14(32-33-34)13-4-2-1-3-5-13/h1-7,9,15-17,20-25,36-38,40-42H,8,10-12H2,(H,31,39)(H,43,44)(H,46,47)(H2,29,30,45)/t15-,16+,17+,20+,21+,22+,23+,24+,25+,28+/m0/s1. The Morgan fingerprint density at radius 1 is 1.15 bits per heavy atom. The van der Waals surface area contributed by atoms with Gasteiger partial charge in [0.1, 0.15) is 54.7 Å². The highest BCUT2D eigenvalue weighted by Crippen LogP contribution is 2.51. The van der Waals surface area contributed by atoms with Gasteiger partial charge in [-0.2, -0.15) is 4.98 Å². The van der Waals surface area contributed by atoms with E-state index in [1.165, 1.54) is 12.3 Å². The molecule has 1 unspecified atom stereocenters. The van der Waals surface area contributed by atoms with Crippen LogP contribution in [0.5, 0.6) is 0 Å². The topological polar surface area (TPSA) is 354 Å². The number of phosphoric acid groups is 1. The second kappa shape index (κ2) is 15.8. The summed E-state index contributed by atoms with van der Waals surface area (Å²) in [4.78, 5) is 51.8. The zero-order valence-electron chi connectivity index (χ0n) is 26.7. The molecule has 1 aromatic carbocycles. The Morgan fingerprint density at radius 3 is 2.52 bits per heavy atom. The van der Waals surface area contributed by atoms with Gasteiger partial charge < -0.3 is 61.2 Å². The highest BCUT2D eigenvalue weighted by molar-refractivity contribution is 7.47. The van der Waals surface area contributed by atoms with Crippen LogP contribution in [0.25, 0.3) is 11.3 Å². The van der Waals surface area contributed by atoms with Crippen molar-refractivity contribution in [3.63, 3.8) is 0 Å². The normalized spacial score (nSPS) is 29.9. The maximum Gasteiger partial charge on any atom is 0.475 e. The van der Waals surface area contributed by atoms with Crippen molar-refractivity contribution in [2.24, 2.45) is 0 Å². The second-order valence-corrected chi connectivity index (χ2v) is 13.2. The number of hydrogen-bond acceptors (Lipinski definition) is 18. The fourth-order valence-corrected chi connectivity index (χ4v) is 6.53. The van der Waals surface area contributed by atoms with Gasteiger partial charge in [-0.15, -0.1) is 5.10 Å². The first-order valence-corrected chi connectivity index (χ1v) is 16.9. The van der Waals surface area contributed by atoms with Gasteiger partial charge in [-0.1, -0.05) is 35.5 Å². The van der Waals surface area contributed by atoms with Crippen molar-refractivity contribution < 1.29 is 73.3 Å². The molecule has 0 radical (unpaired) electrons. The van der Waals surface area contributed by atoms with Crippen LogP contribution in [-0.4, -0.2) is 145 Å². The lowest BCUT2D eigenvalue weighted by atomic mass is 9.88. The highest BCUT2D eigenvalue weighted by Gasteiger charge is 2.59. The van der Waals surface area contributed by atoms with E-state index < -0.39 is 112 Å². The molecule has 5 rings (SSSR count). The minimum atomic E-state index is -5.60. The number of carbonyl (C=O) groups is 2. The Labute approximate surface area is 292 Å². The van der Waals surface area contributed by atoms with Crippen LogP contribution in [0.1, 0.15) is 12.6 Å². The Balaban J connectivity index is 1.29. The van der Waals surface area contributed by atoms with Crippen LogP contribution in [0.4, 0.5) is 5.82 Å². The molecule has 4 heterocycles. The number of phosphoric ester groups is 1. The lowest BCUT2D eigenvalue weighted by Gasteiger charge is -2.46. The van der Waals surface area contributed by atoms with Crippen LogP contribution in [0, 0.1) is 0 Å². The van der Waals surface area contributed by atoms with Crippen molar-refractivity contribution in [2.75, 3.05) is 18.9 Å². The first kappa shape index (κ1) is 39.0. The summed E-state index contributed by atoms with van der Waals surface area (Å²) in [5, 5.41) is 82.7. The summed E-state index contributed by atoms with van der Waals surface area (Å²) in [5.74, 6) is -6.42. The minimum absolute atomic E-state index is 0.145. The summed E-state index contributed by atoms with van der Waals surface area (Å²) in [6.07, 6.45) is -13.7. The summed E-state index contributed by atoms with van der Waals surface area (Å²) in [6, 6.07) is 8.33. The number of rotatable bonds is 14. The Bertz CT molecular complexity index is 1830. The summed E-state index contributed by atoms with van der Waals surface area (Å²) < 4.78 is 35.6. The number of aromatic nitrogens is 5. The number of nitrogens with two attached hydrogens (primary N) is 1. The molecule has 11 N–H and O–H groups in total. The van der Waals surface area contributed by atoms with Crippen LogP contribution < -0.4 is 16.7 Å². The number of carboxylic acid groups (broad SMARTS) is 1. The average Bonchev–Trinajstić information content (AvgIpc) is 3.67. The molecule has 2 aromatic heterocycles. The number of nitrogen functional groups attached to an aromatic ring is 1. The SMILES string of the molecule is Nc1ccn([C@@H]2O[C@H](COP(=O)(O)O[C@@]3(C(=O)O)C[C@H](O)[C@@H](NC(=O)Cn4cc(-c5ccccc5)nn4)[C@H]([C@H](O)[C@H](O)CO)O3)[C@@H](O)[C@H]2O)c(=O)n1. The largest absolute Gasteiger partial charge is 0.477 e. The molecule has 24 heteroatoms. The second-order valence-electron chi connectivity index (χ2n) is 11.9. The lowest BCUT2D eigenvalue weighted by Crippen LogP contribution is -2.68. The van der Waals surface area contributed by atoms with E-state index in [1.54, 1.807) is 30.3 Å². The van der Waals surface area contributed by atoms with Crippen LogP contribution >= 0.6 is 7.82 Å². The van der Waals surface area contributed by atoms with Crippen molar-refractivity contribution in [3.05, 3.63) is 59.3 Å². The molecule has 23 nitrogen and oxygen atoms in total. The molecule has 1 amide bonds. The number of carbonyl (C=O) groups excluding carboxylic acids is 1. The molecule has 52 heavy (non-hydrogen) atoms. The maximum absolute atomic E-state index is 13.1. The van der Waals surface area contributed by atoms with Gasteiger partial charge in [0.15, 0.2) is 6.23 Å². The molecule has 2 fully saturated rings. The van der Waals surface area contributed by atoms with Gasteiger partial charge in [-0.05, 0) is 6.07 Å². The van der Waals surface area contributed by atoms with Crippen molar-refractivity contribution >= 4 is 25.5 Å². The zero-order chi connectivity index (χ0) is 38.0. The number of anilines is 1. The molecule has 3 aromatic rings. The van der Waals surface area contributed by atoms with E-state index in [4.69, 9.17) is 24.3 Å². The number of benzene rings is 1. The molecular formula is C28H36N7O16P. The Morgan fingerprint density at radius 2 is 1.87 bits per heavy atom. The molecule has 2 saturated heterocycles. The molecule has 2 aliphatic heterocycles. The first-order chi connectivity index (χ1) is 24.5. The van der Waals surface area contributed by atoms with Crippen LogP contribution in [0.2, 0.25) is 0 Å². The number of nitrogens with one attached hydrogen (secondary N) is 1. The quantitative estimate of drug-likeness (QED) is 0.0695. The number of aliphatic hydroxyl groups excluding tert-OH is 6. The third kappa shape index (κ3) is 8.52. The number of aliphatic hydroxyl groups is 6. The molecule has 11 atom stereocenters. The Hall–Kier alpha value is -4.23. The van der Waals surface area contributed by atoms with Crippen LogP contribution in [0.15, 0.2) is 53.6 Å². The fourth-order valence-electron chi connectivity index (χ4n) is 5.58. The molecule has 2 aliphatic rings. The highest BCUT2D eigenvalue weighted by atomic mass is 31.2. The number of hydrogen-bond donors (Lipinski definition) is 10. The number of nitrogens with zero attached hydrogens (tertiary/aromatic N) is 5. The van der Waals surface area contributed by atoms with E-state index in [1.807, 2.05) is 0 Å². The van der Waals surface area contributed by atoms with E-state index in [9.17, 15) is 59.6 Å². The van der Waals surface area contributed by atoms with Gasteiger partial charge in [-0.3, -0.25) is 13.9 Å². The van der Waals surface area contributed by atoms with Gasteiger partial charge >= 0.3 is 19.5 Å². The van der Waals surface area contributed by atoms with Gasteiger partial charge in [0.2, 0.25) is 5.91 Å². The lowest BCUT2D eigenvalue weighted by molar-refractivity contribution is -0.289. The molecule has 0 saturated carbocycles. The summed E-state index contributed by atoms with van der Waals surface area (Å²) in [6.45, 7) is -2.64. The zero-order valence-corrected chi connectivity index (χ0v) is 27.6. The predicted molar refractivity (Wildman–Crippen MR) is 168 cm³/mol. The van der Waals surface area contributed by atoms with Crippen molar-refractivity contribution in [1.82, 2.24) is 29.9 Å². The van der Waals surface area contributed by atoms with Gasteiger partial charge in [0.05, 0.1) is 31.6 Å². The smallest absolute Gasteiger partial charge is 0.475 e. The summed E-state index contributed by atoms with van der Waals surface area (Å²) >= 11 is 0. The van der Waals surface area contributed by atoms with Crippen molar-refractivity contribution in [2.45, 2.75) is 73.8 Å². The third-order valence-corrected chi connectivity index (χ3v) is 9.19. The molecular weight excluding hydrogens is 721 g/mol. The number of ether oxygens (including phenoxy) is 2. The Kier molecular flexibility index (Phi) is 11.8. The van der Waals surface area contributed by atoms with Crippen molar-refractivity contribution in [3.8, 4) is 11.3 Å². The average molecular weight is 758 g/mol. The van der Waals surface area contributed by atoms with Gasteiger partial charge in [0, 0.05) is 18.2 Å². The monoisotopic (exact) mass is 757 g/mol. The van der Waals surface area contributed by atoms with Gasteiger partial charge in [0.25, 0.3) is 5.79 Å². The molecule has 0 bridgehead atoms. The predicted octanol–water partition coefficient (Wildman–Crippen LogP) is -4.33. The maximum atomic E-state index is 13.1. The third-order valence-electron chi connectivity index (χ3n) is 8.19. The molecule has 0 spiro atoms. The number of amides is 1. The first-order valence-electron chi connectivity index (χ1n) is 15.4. The van der Waals surface area contributed by atoms with E-state index >= 15 is 0 Å². The summed E-state index contributed by atoms with van der Waals surface area (Å²) in [7, 11) is -5.60. The fraction of sp³-hybridized carbons (Fsp3) is 0.500. The molecule has 0 aliphatic carbocycles. The number of carboxylic acids is 1. The summed E-state index contributed by atoms with van der Waals surface area (Å²) in [5.41, 5.74) is 5.61.